The van der Waals surface area contributed by atoms with Crippen molar-refractivity contribution in [3.8, 4) is 34.1 Å². The van der Waals surface area contributed by atoms with E-state index in [1.807, 2.05) is 37.3 Å². The van der Waals surface area contributed by atoms with Gasteiger partial charge in [0.2, 0.25) is 17.7 Å². The number of methoxy groups -OCH3 is 2. The summed E-state index contributed by atoms with van der Waals surface area (Å²) >= 11 is 7.01. The summed E-state index contributed by atoms with van der Waals surface area (Å²) in [6.45, 7) is 4.19. The number of anilines is 1. The highest BCUT2D eigenvalue weighted by molar-refractivity contribution is 6.35. The summed E-state index contributed by atoms with van der Waals surface area (Å²) in [6.07, 6.45) is 6.03. The second kappa shape index (κ2) is 16.3. The standard InChI is InChI=1S/C37H41ClN8O5/c1-21-26(5-4-6-28(21)45-36(49)30-15-31(50-2)23(18-42-30)17-40-20-25-9-12-33(48)44-25)35-34(38)27(13-14-41-35)29-10-7-22(37(46-29)51-3)16-39-19-24-8-11-32(47)43-24/h4-7,10,13-15,18,24-25,39-40H,8-9,11-12,16-17,19-20H2,1-3H3,(H,43,47)(H,44,48)(H,45,49)/t24-,25-/m1/s1. The van der Waals surface area contributed by atoms with E-state index in [1.165, 1.54) is 0 Å². The predicted octanol–water partition coefficient (Wildman–Crippen LogP) is 4.17. The van der Waals surface area contributed by atoms with E-state index in [1.54, 1.807) is 38.7 Å². The number of carbonyl (C=O) groups is 3. The summed E-state index contributed by atoms with van der Waals surface area (Å²) in [7, 11) is 3.13. The van der Waals surface area contributed by atoms with Crippen molar-refractivity contribution in [2.75, 3.05) is 32.6 Å². The predicted molar refractivity (Wildman–Crippen MR) is 194 cm³/mol. The minimum Gasteiger partial charge on any atom is -0.496 e. The highest BCUT2D eigenvalue weighted by Gasteiger charge is 2.22. The molecular formula is C37H41ClN8O5. The van der Waals surface area contributed by atoms with Crippen molar-refractivity contribution >= 4 is 35.0 Å². The van der Waals surface area contributed by atoms with Gasteiger partial charge in [0.25, 0.3) is 5.91 Å². The molecule has 3 aromatic heterocycles. The molecule has 2 aliphatic heterocycles. The molecule has 2 saturated heterocycles. The van der Waals surface area contributed by atoms with Crippen LogP contribution in [0.1, 0.15) is 52.9 Å². The molecule has 4 aromatic rings. The number of amides is 3. The smallest absolute Gasteiger partial charge is 0.274 e. The zero-order valence-electron chi connectivity index (χ0n) is 28.8. The fourth-order valence-corrected chi connectivity index (χ4v) is 6.62. The summed E-state index contributed by atoms with van der Waals surface area (Å²) in [5.41, 5.74) is 5.83. The van der Waals surface area contributed by atoms with Gasteiger partial charge in [0, 0.05) is 97.5 Å². The summed E-state index contributed by atoms with van der Waals surface area (Å²) in [6, 6.07) is 13.0. The number of carbonyl (C=O) groups excluding carboxylic acids is 3. The monoisotopic (exact) mass is 712 g/mol. The molecule has 2 aliphatic rings. The number of benzene rings is 1. The van der Waals surface area contributed by atoms with Gasteiger partial charge in [0.05, 0.1) is 30.6 Å². The molecule has 5 heterocycles. The van der Waals surface area contributed by atoms with E-state index in [0.717, 1.165) is 35.1 Å². The molecule has 0 bridgehead atoms. The van der Waals surface area contributed by atoms with Gasteiger partial charge < -0.3 is 36.1 Å². The van der Waals surface area contributed by atoms with E-state index >= 15 is 0 Å². The summed E-state index contributed by atoms with van der Waals surface area (Å²) < 4.78 is 11.2. The Hall–Kier alpha value is -5.11. The molecule has 0 saturated carbocycles. The van der Waals surface area contributed by atoms with Crippen LogP contribution in [0.25, 0.3) is 22.5 Å². The van der Waals surface area contributed by atoms with Crippen LogP contribution in [0.5, 0.6) is 11.6 Å². The van der Waals surface area contributed by atoms with Crippen LogP contribution in [-0.2, 0) is 22.7 Å². The Kier molecular flexibility index (Phi) is 11.4. The second-order valence-corrected chi connectivity index (χ2v) is 12.9. The van der Waals surface area contributed by atoms with Crippen LogP contribution in [0, 0.1) is 6.92 Å². The third-order valence-electron chi connectivity index (χ3n) is 9.11. The third-order valence-corrected chi connectivity index (χ3v) is 9.50. The number of aromatic nitrogens is 3. The van der Waals surface area contributed by atoms with Crippen LogP contribution in [-0.4, -0.2) is 72.1 Å². The Bertz CT molecular complexity index is 1940. The van der Waals surface area contributed by atoms with Crippen LogP contribution in [0.15, 0.2) is 54.9 Å². The van der Waals surface area contributed by atoms with Crippen LogP contribution in [0.3, 0.4) is 0 Å². The van der Waals surface area contributed by atoms with Gasteiger partial charge >= 0.3 is 0 Å². The molecule has 6 rings (SSSR count). The summed E-state index contributed by atoms with van der Waals surface area (Å²) in [5, 5.41) is 16.0. The van der Waals surface area contributed by atoms with E-state index < -0.39 is 5.91 Å². The zero-order chi connectivity index (χ0) is 35.9. The summed E-state index contributed by atoms with van der Waals surface area (Å²) in [4.78, 5) is 50.1. The number of nitrogens with one attached hydrogen (secondary N) is 5. The molecule has 3 amide bonds. The van der Waals surface area contributed by atoms with Gasteiger partial charge in [-0.15, -0.1) is 0 Å². The molecule has 266 valence electrons. The van der Waals surface area contributed by atoms with Gasteiger partial charge in [-0.25, -0.2) is 4.98 Å². The normalized spacial score (nSPS) is 16.9. The van der Waals surface area contributed by atoms with E-state index in [2.05, 4.69) is 36.6 Å². The van der Waals surface area contributed by atoms with Crippen LogP contribution < -0.4 is 36.1 Å². The molecule has 14 heteroatoms. The Balaban J connectivity index is 1.15. The molecule has 0 radical (unpaired) electrons. The van der Waals surface area contributed by atoms with Gasteiger partial charge in [-0.3, -0.25) is 24.4 Å². The first-order valence-electron chi connectivity index (χ1n) is 16.9. The second-order valence-electron chi connectivity index (χ2n) is 12.6. The van der Waals surface area contributed by atoms with E-state index in [9.17, 15) is 14.4 Å². The van der Waals surface area contributed by atoms with E-state index in [-0.39, 0.29) is 29.6 Å². The van der Waals surface area contributed by atoms with Crippen LogP contribution in [0.2, 0.25) is 5.02 Å². The van der Waals surface area contributed by atoms with Crippen LogP contribution in [0.4, 0.5) is 5.69 Å². The number of halogens is 1. The minimum absolute atomic E-state index is 0.0725. The Morgan fingerprint density at radius 1 is 0.902 bits per heavy atom. The zero-order valence-corrected chi connectivity index (χ0v) is 29.5. The van der Waals surface area contributed by atoms with Crippen molar-refractivity contribution < 1.29 is 23.9 Å². The lowest BCUT2D eigenvalue weighted by Crippen LogP contribution is -2.35. The number of pyridine rings is 3. The first-order valence-corrected chi connectivity index (χ1v) is 17.2. The fraction of sp³-hybridized carbons (Fsp3) is 0.351. The van der Waals surface area contributed by atoms with Crippen LogP contribution >= 0.6 is 11.6 Å². The Morgan fingerprint density at radius 2 is 1.61 bits per heavy atom. The maximum Gasteiger partial charge on any atom is 0.274 e. The number of hydrogen-bond donors (Lipinski definition) is 5. The number of rotatable bonds is 14. The lowest BCUT2D eigenvalue weighted by atomic mass is 10.0. The van der Waals surface area contributed by atoms with Gasteiger partial charge in [0.15, 0.2) is 0 Å². The van der Waals surface area contributed by atoms with Gasteiger partial charge in [0.1, 0.15) is 11.4 Å². The molecular weight excluding hydrogens is 672 g/mol. The number of nitrogens with zero attached hydrogens (tertiary/aromatic N) is 3. The van der Waals surface area contributed by atoms with Gasteiger partial charge in [-0.1, -0.05) is 29.8 Å². The van der Waals surface area contributed by atoms with E-state index in [0.29, 0.717) is 78.3 Å². The summed E-state index contributed by atoms with van der Waals surface area (Å²) in [5.74, 6) is 0.769. The number of ether oxygens (including phenoxy) is 2. The van der Waals surface area contributed by atoms with Gasteiger partial charge in [-0.2, -0.15) is 0 Å². The highest BCUT2D eigenvalue weighted by atomic mass is 35.5. The first-order chi connectivity index (χ1) is 24.7. The van der Waals surface area contributed by atoms with Crippen molar-refractivity contribution in [1.82, 2.24) is 36.2 Å². The molecule has 2 atom stereocenters. The number of hydrogen-bond acceptors (Lipinski definition) is 10. The first kappa shape index (κ1) is 35.7. The molecule has 2 fully saturated rings. The molecule has 0 spiro atoms. The maximum absolute atomic E-state index is 13.4. The lowest BCUT2D eigenvalue weighted by molar-refractivity contribution is -0.120. The molecule has 13 nitrogen and oxygen atoms in total. The Morgan fingerprint density at radius 3 is 2.25 bits per heavy atom. The Labute approximate surface area is 301 Å². The topological polar surface area (TPSA) is 168 Å². The molecule has 0 unspecified atom stereocenters. The molecule has 5 N–H and O–H groups in total. The van der Waals surface area contributed by atoms with Crippen molar-refractivity contribution in [3.63, 3.8) is 0 Å². The molecule has 51 heavy (non-hydrogen) atoms. The van der Waals surface area contributed by atoms with Crippen molar-refractivity contribution in [1.29, 1.82) is 0 Å². The minimum atomic E-state index is -0.395. The molecule has 1 aromatic carbocycles. The largest absolute Gasteiger partial charge is 0.496 e. The van der Waals surface area contributed by atoms with E-state index in [4.69, 9.17) is 26.1 Å². The third kappa shape index (κ3) is 8.44. The fourth-order valence-electron chi connectivity index (χ4n) is 6.31. The molecule has 0 aliphatic carbocycles. The average molecular weight is 713 g/mol. The SMILES string of the molecule is COc1cc(C(=O)Nc2cccc(-c3nccc(-c4ccc(CNC[C@H]5CCC(=O)N5)c(OC)n4)c3Cl)c2C)ncc1CNC[C@H]1CCC(=O)N1. The van der Waals surface area contributed by atoms with Crippen molar-refractivity contribution in [2.24, 2.45) is 0 Å². The lowest BCUT2D eigenvalue weighted by Gasteiger charge is -2.16. The maximum atomic E-state index is 13.4. The van der Waals surface area contributed by atoms with Crippen molar-refractivity contribution in [3.05, 3.63) is 82.3 Å². The highest BCUT2D eigenvalue weighted by Crippen LogP contribution is 2.38. The van der Waals surface area contributed by atoms with Gasteiger partial charge in [-0.05, 0) is 43.5 Å². The average Bonchev–Trinajstić information content (AvgIpc) is 3.76. The quantitative estimate of drug-likeness (QED) is 0.128. The van der Waals surface area contributed by atoms with Crippen molar-refractivity contribution in [2.45, 2.75) is 57.8 Å².